The molecule has 1 rings (SSSR count). The third-order valence-corrected chi connectivity index (χ3v) is 3.50. The molecule has 0 saturated heterocycles. The summed E-state index contributed by atoms with van der Waals surface area (Å²) >= 11 is 0. The van der Waals surface area contributed by atoms with Crippen molar-refractivity contribution in [3.05, 3.63) is 35.9 Å². The minimum absolute atomic E-state index is 0.355. The lowest BCUT2D eigenvalue weighted by molar-refractivity contribution is -0.134. The summed E-state index contributed by atoms with van der Waals surface area (Å²) < 4.78 is 10.5. The van der Waals surface area contributed by atoms with Gasteiger partial charge in [-0.1, -0.05) is 45.2 Å². The molecule has 0 N–H and O–H groups in total. The lowest BCUT2D eigenvalue weighted by Gasteiger charge is -2.15. The number of carbonyl (C=O) groups is 1. The van der Waals surface area contributed by atoms with Crippen LogP contribution in [0.4, 0.5) is 0 Å². The van der Waals surface area contributed by atoms with Crippen LogP contribution in [0, 0.1) is 5.92 Å². The number of hydrogen-bond acceptors (Lipinski definition) is 3. The molecule has 1 unspecified atom stereocenters. The predicted molar refractivity (Wildman–Crippen MR) is 86.3 cm³/mol. The minimum Gasteiger partial charge on any atom is -0.493 e. The minimum atomic E-state index is -0.355. The molecular weight excluding hydrogens is 264 g/mol. The molecule has 1 atom stereocenters. The van der Waals surface area contributed by atoms with E-state index in [0.717, 1.165) is 24.3 Å². The van der Waals surface area contributed by atoms with Gasteiger partial charge in [0, 0.05) is 6.08 Å². The molecule has 0 bridgehead atoms. The Morgan fingerprint density at radius 2 is 2.14 bits per heavy atom. The van der Waals surface area contributed by atoms with Crippen LogP contribution in [-0.4, -0.2) is 19.7 Å². The number of unbranched alkanes of at least 4 members (excludes halogenated alkanes) is 1. The zero-order valence-corrected chi connectivity index (χ0v) is 13.3. The van der Waals surface area contributed by atoms with E-state index in [1.54, 1.807) is 6.08 Å². The van der Waals surface area contributed by atoms with Gasteiger partial charge in [-0.05, 0) is 36.1 Å². The lowest BCUT2D eigenvalue weighted by atomic mass is 10.0. The van der Waals surface area contributed by atoms with Gasteiger partial charge in [-0.25, -0.2) is 4.79 Å². The van der Waals surface area contributed by atoms with Crippen LogP contribution in [0.25, 0.3) is 6.08 Å². The Morgan fingerprint density at radius 3 is 2.81 bits per heavy atom. The van der Waals surface area contributed by atoms with E-state index in [4.69, 9.17) is 4.74 Å². The van der Waals surface area contributed by atoms with Crippen LogP contribution in [0.2, 0.25) is 0 Å². The summed E-state index contributed by atoms with van der Waals surface area (Å²) in [5.74, 6) is 1.10. The molecule has 0 fully saturated rings. The van der Waals surface area contributed by atoms with E-state index in [2.05, 4.69) is 18.6 Å². The summed E-state index contributed by atoms with van der Waals surface area (Å²) in [6, 6.07) is 7.74. The van der Waals surface area contributed by atoms with Crippen molar-refractivity contribution in [1.82, 2.24) is 0 Å². The van der Waals surface area contributed by atoms with Gasteiger partial charge >= 0.3 is 5.97 Å². The summed E-state index contributed by atoms with van der Waals surface area (Å²) in [6.45, 7) is 5.17. The smallest absolute Gasteiger partial charge is 0.330 e. The van der Waals surface area contributed by atoms with Crippen molar-refractivity contribution in [2.75, 3.05) is 13.7 Å². The molecule has 0 amide bonds. The summed E-state index contributed by atoms with van der Waals surface area (Å²) in [4.78, 5) is 11.1. The number of hydrogen-bond donors (Lipinski definition) is 0. The molecule has 1 aromatic carbocycles. The monoisotopic (exact) mass is 290 g/mol. The van der Waals surface area contributed by atoms with Gasteiger partial charge in [-0.15, -0.1) is 0 Å². The van der Waals surface area contributed by atoms with E-state index in [0.29, 0.717) is 5.92 Å². The third-order valence-electron chi connectivity index (χ3n) is 3.50. The van der Waals surface area contributed by atoms with Gasteiger partial charge in [0.15, 0.2) is 0 Å². The molecule has 3 nitrogen and oxygen atoms in total. The Morgan fingerprint density at radius 1 is 1.33 bits per heavy atom. The second-order valence-corrected chi connectivity index (χ2v) is 5.16. The Labute approximate surface area is 128 Å². The first kappa shape index (κ1) is 17.3. The number of ether oxygens (including phenoxy) is 2. The van der Waals surface area contributed by atoms with Crippen LogP contribution in [0.15, 0.2) is 30.3 Å². The van der Waals surface area contributed by atoms with Gasteiger partial charge in [0.2, 0.25) is 0 Å². The van der Waals surface area contributed by atoms with Gasteiger partial charge in [-0.3, -0.25) is 0 Å². The molecule has 0 aliphatic carbocycles. The van der Waals surface area contributed by atoms with Gasteiger partial charge < -0.3 is 9.47 Å². The second-order valence-electron chi connectivity index (χ2n) is 5.16. The summed E-state index contributed by atoms with van der Waals surface area (Å²) in [5, 5.41) is 0. The largest absolute Gasteiger partial charge is 0.493 e. The SMILES string of the molecule is CCCCC(CC)COc1cccc(/C=C/C(=O)OC)c1. The van der Waals surface area contributed by atoms with Crippen molar-refractivity contribution in [2.45, 2.75) is 39.5 Å². The quantitative estimate of drug-likeness (QED) is 0.497. The van der Waals surface area contributed by atoms with Crippen molar-refractivity contribution in [3.63, 3.8) is 0 Å². The highest BCUT2D eigenvalue weighted by molar-refractivity contribution is 5.86. The van der Waals surface area contributed by atoms with Crippen molar-refractivity contribution in [1.29, 1.82) is 0 Å². The van der Waals surface area contributed by atoms with Gasteiger partial charge in [0.1, 0.15) is 5.75 Å². The van der Waals surface area contributed by atoms with Gasteiger partial charge in [0.25, 0.3) is 0 Å². The summed E-state index contributed by atoms with van der Waals surface area (Å²) in [6.07, 6.45) is 7.98. The molecule has 0 aliphatic rings. The second kappa shape index (κ2) is 10.0. The van der Waals surface area contributed by atoms with Crippen LogP contribution < -0.4 is 4.74 Å². The Kier molecular flexibility index (Phi) is 8.25. The van der Waals surface area contributed by atoms with Crippen molar-refractivity contribution >= 4 is 12.0 Å². The highest BCUT2D eigenvalue weighted by Gasteiger charge is 2.07. The van der Waals surface area contributed by atoms with Crippen LogP contribution in [-0.2, 0) is 9.53 Å². The van der Waals surface area contributed by atoms with Gasteiger partial charge in [-0.2, -0.15) is 0 Å². The third kappa shape index (κ3) is 6.98. The topological polar surface area (TPSA) is 35.5 Å². The summed E-state index contributed by atoms with van der Waals surface area (Å²) in [5.41, 5.74) is 0.930. The number of benzene rings is 1. The van der Waals surface area contributed by atoms with E-state index >= 15 is 0 Å². The zero-order valence-electron chi connectivity index (χ0n) is 13.3. The average molecular weight is 290 g/mol. The molecule has 21 heavy (non-hydrogen) atoms. The van der Waals surface area contributed by atoms with Crippen LogP contribution in [0.5, 0.6) is 5.75 Å². The molecule has 116 valence electrons. The zero-order chi connectivity index (χ0) is 15.5. The van der Waals surface area contributed by atoms with E-state index in [1.807, 2.05) is 24.3 Å². The van der Waals surface area contributed by atoms with E-state index in [9.17, 15) is 4.79 Å². The molecule has 0 spiro atoms. The Balaban J connectivity index is 2.55. The molecule has 1 aromatic rings. The highest BCUT2D eigenvalue weighted by Crippen LogP contribution is 2.18. The van der Waals surface area contributed by atoms with E-state index in [-0.39, 0.29) is 5.97 Å². The standard InChI is InChI=1S/C18H26O3/c1-4-6-8-15(5-2)14-21-17-10-7-9-16(13-17)11-12-18(19)20-3/h7,9-13,15H,4-6,8,14H2,1-3H3/b12-11+. The lowest BCUT2D eigenvalue weighted by Crippen LogP contribution is -2.11. The fourth-order valence-electron chi connectivity index (χ4n) is 2.05. The summed E-state index contributed by atoms with van der Waals surface area (Å²) in [7, 11) is 1.37. The van der Waals surface area contributed by atoms with Crippen molar-refractivity contribution in [2.24, 2.45) is 5.92 Å². The molecule has 0 aromatic heterocycles. The molecule has 0 heterocycles. The predicted octanol–water partition coefficient (Wildman–Crippen LogP) is 4.47. The number of methoxy groups -OCH3 is 1. The first-order valence-corrected chi connectivity index (χ1v) is 7.68. The first-order chi connectivity index (χ1) is 10.2. The van der Waals surface area contributed by atoms with Crippen LogP contribution >= 0.6 is 0 Å². The number of esters is 1. The fraction of sp³-hybridized carbons (Fsp3) is 0.500. The highest BCUT2D eigenvalue weighted by atomic mass is 16.5. The molecular formula is C18H26O3. The van der Waals surface area contributed by atoms with Crippen LogP contribution in [0.1, 0.15) is 45.1 Å². The normalized spacial score (nSPS) is 12.3. The molecule has 0 saturated carbocycles. The Hall–Kier alpha value is -1.77. The number of rotatable bonds is 9. The van der Waals surface area contributed by atoms with Gasteiger partial charge in [0.05, 0.1) is 13.7 Å². The Bertz CT molecular complexity index is 452. The van der Waals surface area contributed by atoms with Crippen LogP contribution in [0.3, 0.4) is 0 Å². The molecule has 0 radical (unpaired) electrons. The first-order valence-electron chi connectivity index (χ1n) is 7.68. The van der Waals surface area contributed by atoms with Crippen molar-refractivity contribution in [3.8, 4) is 5.75 Å². The molecule has 3 heteroatoms. The molecule has 0 aliphatic heterocycles. The van der Waals surface area contributed by atoms with E-state index in [1.165, 1.54) is 32.4 Å². The van der Waals surface area contributed by atoms with E-state index < -0.39 is 0 Å². The number of carbonyl (C=O) groups excluding carboxylic acids is 1. The maximum atomic E-state index is 11.1. The fourth-order valence-corrected chi connectivity index (χ4v) is 2.05. The van der Waals surface area contributed by atoms with Crippen molar-refractivity contribution < 1.29 is 14.3 Å². The average Bonchev–Trinajstić information content (AvgIpc) is 2.53. The maximum absolute atomic E-state index is 11.1. The maximum Gasteiger partial charge on any atom is 0.330 e.